The zero-order chi connectivity index (χ0) is 43.2. The molecule has 59 heavy (non-hydrogen) atoms. The molecule has 0 amide bonds. The summed E-state index contributed by atoms with van der Waals surface area (Å²) in [6, 6.07) is 0. The third-order valence-electron chi connectivity index (χ3n) is 11.5. The van der Waals surface area contributed by atoms with E-state index in [0.29, 0.717) is 6.61 Å². The average molecular weight is 863 g/mol. The van der Waals surface area contributed by atoms with Crippen molar-refractivity contribution in [3.63, 3.8) is 0 Å². The lowest BCUT2D eigenvalue weighted by Crippen LogP contribution is -2.29. The Morgan fingerprint density at radius 2 is 0.763 bits per heavy atom. The molecule has 0 bridgehead atoms. The van der Waals surface area contributed by atoms with Gasteiger partial charge in [0.2, 0.25) is 0 Å². The highest BCUT2D eigenvalue weighted by Crippen LogP contribution is 2.43. The second-order valence-electron chi connectivity index (χ2n) is 17.6. The monoisotopic (exact) mass is 863 g/mol. The lowest BCUT2D eigenvalue weighted by molar-refractivity contribution is -0.154. The van der Waals surface area contributed by atoms with Gasteiger partial charge in [0.1, 0.15) is 12.2 Å². The minimum absolute atomic E-state index is 0.0585. The molecule has 0 aromatic carbocycles. The normalized spacial score (nSPS) is 13.8. The molecule has 0 heterocycles. The first-order valence-electron chi connectivity index (χ1n) is 25.5. The summed E-state index contributed by atoms with van der Waals surface area (Å²) >= 11 is 0. The van der Waals surface area contributed by atoms with Gasteiger partial charge in [0, 0.05) is 13.0 Å². The zero-order valence-corrected chi connectivity index (χ0v) is 39.9. The van der Waals surface area contributed by atoms with Gasteiger partial charge in [-0.1, -0.05) is 245 Å². The predicted molar refractivity (Wildman–Crippen MR) is 247 cm³/mol. The van der Waals surface area contributed by atoms with Crippen molar-refractivity contribution < 1.29 is 43.0 Å². The number of phosphoric ester groups is 1. The summed E-state index contributed by atoms with van der Waals surface area (Å²) in [6.45, 7) is 3.60. The van der Waals surface area contributed by atoms with Crippen LogP contribution in [0.1, 0.15) is 264 Å². The molecule has 3 unspecified atom stereocenters. The molecule has 0 aliphatic rings. The maximum atomic E-state index is 12.7. The number of rotatable bonds is 50. The van der Waals surface area contributed by atoms with Crippen molar-refractivity contribution in [1.29, 1.82) is 0 Å². The Morgan fingerprint density at radius 1 is 0.458 bits per heavy atom. The van der Waals surface area contributed by atoms with E-state index in [9.17, 15) is 19.4 Å². The topological polar surface area (TPSA) is 132 Å². The third-order valence-corrected chi connectivity index (χ3v) is 12.5. The van der Waals surface area contributed by atoms with Gasteiger partial charge in [-0.2, -0.15) is 0 Å². The van der Waals surface area contributed by atoms with Crippen molar-refractivity contribution in [3.05, 3.63) is 0 Å². The van der Waals surface area contributed by atoms with Crippen LogP contribution in [0.2, 0.25) is 0 Å². The Hall–Kier alpha value is -0.540. The molecule has 0 rings (SSSR count). The van der Waals surface area contributed by atoms with E-state index in [0.717, 1.165) is 32.1 Å². The lowest BCUT2D eigenvalue weighted by Gasteiger charge is -2.20. The third kappa shape index (κ3) is 46.8. The Balaban J connectivity index is 3.98. The number of carbonyl (C=O) groups excluding carboxylic acids is 1. The second kappa shape index (κ2) is 47.0. The van der Waals surface area contributed by atoms with Crippen molar-refractivity contribution in [1.82, 2.24) is 0 Å². The van der Waals surface area contributed by atoms with E-state index < -0.39 is 33.2 Å². The summed E-state index contributed by atoms with van der Waals surface area (Å²) in [4.78, 5) is 22.7. The van der Waals surface area contributed by atoms with Gasteiger partial charge in [-0.15, -0.1) is 0 Å². The van der Waals surface area contributed by atoms with Crippen molar-refractivity contribution in [2.24, 2.45) is 0 Å². The zero-order valence-electron chi connectivity index (χ0n) is 39.0. The molecule has 0 aliphatic heterocycles. The minimum Gasteiger partial charge on any atom is -0.457 e. The van der Waals surface area contributed by atoms with Gasteiger partial charge >= 0.3 is 13.8 Å². The molecule has 0 spiro atoms. The first-order valence-corrected chi connectivity index (χ1v) is 27.0. The van der Waals surface area contributed by atoms with E-state index >= 15 is 0 Å². The maximum Gasteiger partial charge on any atom is 0.472 e. The van der Waals surface area contributed by atoms with Crippen LogP contribution in [0.15, 0.2) is 0 Å². The molecule has 3 N–H and O–H groups in total. The highest BCUT2D eigenvalue weighted by Gasteiger charge is 2.26. The van der Waals surface area contributed by atoms with Crippen LogP contribution in [0.25, 0.3) is 0 Å². The summed E-state index contributed by atoms with van der Waals surface area (Å²) in [5.41, 5.74) is 0. The van der Waals surface area contributed by atoms with Gasteiger partial charge in [0.25, 0.3) is 0 Å². The summed E-state index contributed by atoms with van der Waals surface area (Å²) in [6.07, 6.45) is 47.9. The molecule has 0 aromatic rings. The number of aliphatic hydroxyl groups is 2. The van der Waals surface area contributed by atoms with Crippen LogP contribution in [-0.4, -0.2) is 66.3 Å². The Labute approximate surface area is 365 Å². The maximum absolute atomic E-state index is 12.7. The van der Waals surface area contributed by atoms with Crippen LogP contribution >= 0.6 is 7.82 Å². The second-order valence-corrected chi connectivity index (χ2v) is 19.0. The standard InChI is InChI=1S/C49H99O9P/c1-3-5-7-9-11-13-15-17-19-20-21-22-23-24-25-26-27-29-31-33-35-37-39-41-49(52)58-48(46-57-59(53,54)56-44-47(51)43-50)45-55-42-40-38-36-34-32-30-28-18-16-14-12-10-8-6-4-2/h47-48,50-51H,3-46H2,1-2H3,(H,53,54). The highest BCUT2D eigenvalue weighted by molar-refractivity contribution is 7.47. The molecule has 10 heteroatoms. The predicted octanol–water partition coefficient (Wildman–Crippen LogP) is 14.7. The molecular formula is C49H99O9P. The SMILES string of the molecule is CCCCCCCCCCCCCCCCCCCCCCCCCC(=O)OC(COCCCCCCCCCCCCCCCCC)COP(=O)(O)OCC(O)CO. The first kappa shape index (κ1) is 58.5. The van der Waals surface area contributed by atoms with Gasteiger partial charge in [0.15, 0.2) is 0 Å². The average Bonchev–Trinajstić information content (AvgIpc) is 3.23. The van der Waals surface area contributed by atoms with Crippen molar-refractivity contribution >= 4 is 13.8 Å². The lowest BCUT2D eigenvalue weighted by atomic mass is 10.0. The van der Waals surface area contributed by atoms with Gasteiger partial charge < -0.3 is 24.6 Å². The fraction of sp³-hybridized carbons (Fsp3) is 0.980. The number of unbranched alkanes of at least 4 members (excludes halogenated alkanes) is 36. The van der Waals surface area contributed by atoms with Gasteiger partial charge in [0.05, 0.1) is 26.4 Å². The molecule has 0 aliphatic carbocycles. The van der Waals surface area contributed by atoms with Crippen molar-refractivity contribution in [2.45, 2.75) is 276 Å². The van der Waals surface area contributed by atoms with Crippen LogP contribution in [0, 0.1) is 0 Å². The van der Waals surface area contributed by atoms with E-state index in [1.165, 1.54) is 212 Å². The van der Waals surface area contributed by atoms with E-state index in [4.69, 9.17) is 23.6 Å². The van der Waals surface area contributed by atoms with Crippen LogP contribution in [-0.2, 0) is 27.9 Å². The quantitative estimate of drug-likeness (QED) is 0.0311. The molecule has 3 atom stereocenters. The smallest absolute Gasteiger partial charge is 0.457 e. The number of hydrogen-bond acceptors (Lipinski definition) is 8. The Bertz CT molecular complexity index is 892. The summed E-state index contributed by atoms with van der Waals surface area (Å²) < 4.78 is 33.5. The largest absolute Gasteiger partial charge is 0.472 e. The molecule has 354 valence electrons. The summed E-state index contributed by atoms with van der Waals surface area (Å²) in [5.74, 6) is -0.373. The summed E-state index contributed by atoms with van der Waals surface area (Å²) in [5, 5.41) is 18.4. The van der Waals surface area contributed by atoms with Crippen molar-refractivity contribution in [3.8, 4) is 0 Å². The molecule has 0 saturated heterocycles. The Kier molecular flexibility index (Phi) is 46.5. The van der Waals surface area contributed by atoms with E-state index in [1.54, 1.807) is 0 Å². The number of ether oxygens (including phenoxy) is 2. The van der Waals surface area contributed by atoms with Crippen LogP contribution in [0.5, 0.6) is 0 Å². The summed E-state index contributed by atoms with van der Waals surface area (Å²) in [7, 11) is -4.51. The van der Waals surface area contributed by atoms with E-state index in [2.05, 4.69) is 13.8 Å². The van der Waals surface area contributed by atoms with E-state index in [-0.39, 0.29) is 25.6 Å². The van der Waals surface area contributed by atoms with Crippen LogP contribution < -0.4 is 0 Å². The molecule has 9 nitrogen and oxygen atoms in total. The minimum atomic E-state index is -4.51. The van der Waals surface area contributed by atoms with Crippen LogP contribution in [0.3, 0.4) is 0 Å². The molecular weight excluding hydrogens is 764 g/mol. The van der Waals surface area contributed by atoms with E-state index in [1.807, 2.05) is 0 Å². The highest BCUT2D eigenvalue weighted by atomic mass is 31.2. The van der Waals surface area contributed by atoms with Gasteiger partial charge in [-0.3, -0.25) is 13.8 Å². The number of carbonyl (C=O) groups is 1. The van der Waals surface area contributed by atoms with Crippen LogP contribution in [0.4, 0.5) is 0 Å². The number of aliphatic hydroxyl groups excluding tert-OH is 2. The molecule has 0 fully saturated rings. The van der Waals surface area contributed by atoms with Crippen molar-refractivity contribution in [2.75, 3.05) is 33.0 Å². The number of hydrogen-bond donors (Lipinski definition) is 3. The Morgan fingerprint density at radius 3 is 1.10 bits per heavy atom. The van der Waals surface area contributed by atoms with Gasteiger partial charge in [-0.25, -0.2) is 4.57 Å². The van der Waals surface area contributed by atoms with Gasteiger partial charge in [-0.05, 0) is 12.8 Å². The number of esters is 1. The fourth-order valence-electron chi connectivity index (χ4n) is 7.65. The molecule has 0 aromatic heterocycles. The molecule has 0 radical (unpaired) electrons. The first-order chi connectivity index (χ1) is 28.8. The molecule has 0 saturated carbocycles. The number of phosphoric acid groups is 1. The fourth-order valence-corrected chi connectivity index (χ4v) is 8.44.